The Balaban J connectivity index is 1.66. The highest BCUT2D eigenvalue weighted by Crippen LogP contribution is 2.30. The Hall–Kier alpha value is -2.54. The molecule has 0 bridgehead atoms. The lowest BCUT2D eigenvalue weighted by atomic mass is 9.92. The number of amides is 1. The number of hydrogen-bond acceptors (Lipinski definition) is 4. The van der Waals surface area contributed by atoms with Crippen molar-refractivity contribution >= 4 is 27.5 Å². The Kier molecular flexibility index (Phi) is 5.02. The third-order valence-corrected chi connectivity index (χ3v) is 6.13. The number of benzene rings is 1. The van der Waals surface area contributed by atoms with Crippen molar-refractivity contribution in [1.82, 2.24) is 14.5 Å². The fourth-order valence-corrected chi connectivity index (χ4v) is 4.94. The average molecular weight is 399 g/mol. The van der Waals surface area contributed by atoms with Crippen LogP contribution in [0.2, 0.25) is 0 Å². The first kappa shape index (κ1) is 18.8. The van der Waals surface area contributed by atoms with Gasteiger partial charge >= 0.3 is 0 Å². The van der Waals surface area contributed by atoms with Crippen LogP contribution in [0.1, 0.15) is 20.3 Å². The first-order chi connectivity index (χ1) is 13.4. The van der Waals surface area contributed by atoms with Crippen molar-refractivity contribution in [2.45, 2.75) is 26.8 Å². The number of carbonyl (C=O) groups excluding carboxylic acids is 1. The van der Waals surface area contributed by atoms with Gasteiger partial charge in [-0.3, -0.25) is 14.2 Å². The number of hydrogen-bond donors (Lipinski definition) is 0. The van der Waals surface area contributed by atoms with E-state index in [1.54, 1.807) is 12.1 Å². The maximum atomic E-state index is 13.2. The summed E-state index contributed by atoms with van der Waals surface area (Å²) >= 11 is 1.37. The van der Waals surface area contributed by atoms with E-state index < -0.39 is 0 Å². The molecule has 1 aliphatic heterocycles. The van der Waals surface area contributed by atoms with Crippen LogP contribution >= 0.6 is 11.3 Å². The minimum Gasteiger partial charge on any atom is -0.341 e. The van der Waals surface area contributed by atoms with Crippen LogP contribution in [-0.2, 0) is 11.3 Å². The van der Waals surface area contributed by atoms with Gasteiger partial charge in [0.05, 0.1) is 11.7 Å². The Morgan fingerprint density at radius 3 is 2.57 bits per heavy atom. The number of likely N-dealkylation sites (tertiary alicyclic amines) is 1. The Morgan fingerprint density at radius 2 is 1.89 bits per heavy atom. The van der Waals surface area contributed by atoms with Gasteiger partial charge in [0.15, 0.2) is 0 Å². The van der Waals surface area contributed by atoms with Gasteiger partial charge in [0.25, 0.3) is 5.56 Å². The van der Waals surface area contributed by atoms with Crippen LogP contribution in [0.5, 0.6) is 0 Å². The lowest BCUT2D eigenvalue weighted by molar-refractivity contribution is -0.134. The van der Waals surface area contributed by atoms with Gasteiger partial charge in [-0.25, -0.2) is 9.37 Å². The summed E-state index contributed by atoms with van der Waals surface area (Å²) in [7, 11) is 0. The molecule has 0 N–H and O–H groups in total. The van der Waals surface area contributed by atoms with Crippen LogP contribution in [-0.4, -0.2) is 33.4 Å². The second-order valence-electron chi connectivity index (χ2n) is 7.76. The zero-order chi connectivity index (χ0) is 19.8. The smallest absolute Gasteiger partial charge is 0.263 e. The molecule has 0 spiro atoms. The van der Waals surface area contributed by atoms with E-state index in [0.29, 0.717) is 22.1 Å². The molecule has 4 rings (SSSR count). The predicted octanol–water partition coefficient (Wildman–Crippen LogP) is 3.77. The van der Waals surface area contributed by atoms with Gasteiger partial charge in [-0.05, 0) is 36.0 Å². The Morgan fingerprint density at radius 1 is 1.21 bits per heavy atom. The quantitative estimate of drug-likeness (QED) is 0.674. The summed E-state index contributed by atoms with van der Waals surface area (Å²) in [5.74, 6) is 0.550. The first-order valence-electron chi connectivity index (χ1n) is 9.42. The van der Waals surface area contributed by atoms with Crippen LogP contribution in [0.4, 0.5) is 4.39 Å². The molecule has 7 heteroatoms. The van der Waals surface area contributed by atoms with Crippen molar-refractivity contribution in [2.75, 3.05) is 13.1 Å². The van der Waals surface area contributed by atoms with E-state index >= 15 is 0 Å². The van der Waals surface area contributed by atoms with Crippen molar-refractivity contribution in [3.8, 4) is 11.1 Å². The van der Waals surface area contributed by atoms with E-state index in [0.717, 1.165) is 30.6 Å². The first-order valence-corrected chi connectivity index (χ1v) is 10.3. The monoisotopic (exact) mass is 399 g/mol. The van der Waals surface area contributed by atoms with Gasteiger partial charge in [-0.1, -0.05) is 26.0 Å². The van der Waals surface area contributed by atoms with Crippen molar-refractivity contribution in [1.29, 1.82) is 0 Å². The van der Waals surface area contributed by atoms with Gasteiger partial charge in [0, 0.05) is 24.0 Å². The molecule has 3 aromatic rings. The summed E-state index contributed by atoms with van der Waals surface area (Å²) in [6, 6.07) is 6.04. The maximum absolute atomic E-state index is 13.2. The molecule has 2 atom stereocenters. The molecule has 3 heterocycles. The van der Waals surface area contributed by atoms with Gasteiger partial charge < -0.3 is 4.90 Å². The molecule has 5 nitrogen and oxygen atoms in total. The third-order valence-electron chi connectivity index (χ3n) is 5.24. The van der Waals surface area contributed by atoms with E-state index in [1.807, 2.05) is 10.3 Å². The number of rotatable bonds is 3. The molecule has 2 aromatic heterocycles. The molecule has 146 valence electrons. The van der Waals surface area contributed by atoms with E-state index in [2.05, 4.69) is 18.8 Å². The van der Waals surface area contributed by atoms with Gasteiger partial charge in [0.2, 0.25) is 5.91 Å². The molecule has 1 aliphatic rings. The molecule has 1 aromatic carbocycles. The number of nitrogens with zero attached hydrogens (tertiary/aromatic N) is 3. The zero-order valence-electron chi connectivity index (χ0n) is 15.9. The van der Waals surface area contributed by atoms with E-state index in [4.69, 9.17) is 0 Å². The van der Waals surface area contributed by atoms with E-state index in [-0.39, 0.29) is 23.8 Å². The van der Waals surface area contributed by atoms with Crippen molar-refractivity contribution < 1.29 is 9.18 Å². The number of thiophene rings is 1. The molecule has 0 unspecified atom stereocenters. The highest BCUT2D eigenvalue weighted by molar-refractivity contribution is 7.17. The van der Waals surface area contributed by atoms with Crippen LogP contribution in [0.15, 0.2) is 40.8 Å². The highest BCUT2D eigenvalue weighted by Gasteiger charge is 2.26. The Bertz CT molecular complexity index is 1060. The van der Waals surface area contributed by atoms with E-state index in [1.165, 1.54) is 34.4 Å². The number of carbonyl (C=O) groups is 1. The molecule has 1 saturated heterocycles. The molecule has 0 radical (unpaired) electrons. The molecular formula is C21H22FN3O2S. The number of aromatic nitrogens is 2. The standard InChI is InChI=1S/C21H22FN3O2S/c1-13-7-14(2)9-24(8-13)18(26)10-25-12-23-20-19(21(25)27)17(11-28-20)15-3-5-16(22)6-4-15/h3-6,11-14H,7-10H2,1-2H3/t13-,14-/m1/s1. The molecule has 28 heavy (non-hydrogen) atoms. The minimum atomic E-state index is -0.325. The summed E-state index contributed by atoms with van der Waals surface area (Å²) in [5, 5.41) is 2.33. The summed E-state index contributed by atoms with van der Waals surface area (Å²) in [6.45, 7) is 5.74. The number of piperidine rings is 1. The Labute approximate surface area is 166 Å². The summed E-state index contributed by atoms with van der Waals surface area (Å²) in [4.78, 5) is 32.7. The van der Waals surface area contributed by atoms with Crippen LogP contribution in [0.25, 0.3) is 21.3 Å². The molecule has 1 amide bonds. The van der Waals surface area contributed by atoms with Crippen molar-refractivity contribution in [2.24, 2.45) is 11.8 Å². The molecule has 0 saturated carbocycles. The highest BCUT2D eigenvalue weighted by atomic mass is 32.1. The largest absolute Gasteiger partial charge is 0.341 e. The van der Waals surface area contributed by atoms with Crippen LogP contribution < -0.4 is 5.56 Å². The topological polar surface area (TPSA) is 55.2 Å². The van der Waals surface area contributed by atoms with Crippen molar-refractivity contribution in [3.63, 3.8) is 0 Å². The third kappa shape index (κ3) is 3.58. The predicted molar refractivity (Wildman–Crippen MR) is 109 cm³/mol. The molecule has 0 aliphatic carbocycles. The van der Waals surface area contributed by atoms with Gasteiger partial charge in [-0.2, -0.15) is 0 Å². The van der Waals surface area contributed by atoms with Crippen LogP contribution in [0, 0.1) is 17.7 Å². The second kappa shape index (κ2) is 7.47. The fourth-order valence-electron chi connectivity index (χ4n) is 4.03. The normalized spacial score (nSPS) is 19.9. The SMILES string of the molecule is C[C@@H]1C[C@@H](C)CN(C(=O)Cn2cnc3scc(-c4ccc(F)cc4)c3c2=O)C1. The molecule has 1 fully saturated rings. The lowest BCUT2D eigenvalue weighted by Gasteiger charge is -2.35. The summed E-state index contributed by atoms with van der Waals surface area (Å²) in [5.41, 5.74) is 1.24. The van der Waals surface area contributed by atoms with Crippen molar-refractivity contribution in [3.05, 3.63) is 52.1 Å². The van der Waals surface area contributed by atoms with E-state index in [9.17, 15) is 14.0 Å². The lowest BCUT2D eigenvalue weighted by Crippen LogP contribution is -2.44. The second-order valence-corrected chi connectivity index (χ2v) is 8.62. The summed E-state index contributed by atoms with van der Waals surface area (Å²) in [6.07, 6.45) is 2.57. The minimum absolute atomic E-state index is 0.0140. The van der Waals surface area contributed by atoms with Gasteiger partial charge in [0.1, 0.15) is 17.2 Å². The molecular weight excluding hydrogens is 377 g/mol. The van der Waals surface area contributed by atoms with Gasteiger partial charge in [-0.15, -0.1) is 11.3 Å². The fraction of sp³-hybridized carbons (Fsp3) is 0.381. The average Bonchev–Trinajstić information content (AvgIpc) is 3.08. The summed E-state index contributed by atoms with van der Waals surface area (Å²) < 4.78 is 14.6. The van der Waals surface area contributed by atoms with Crippen LogP contribution in [0.3, 0.4) is 0 Å². The maximum Gasteiger partial charge on any atom is 0.263 e. The number of halogens is 1. The number of fused-ring (bicyclic) bond motifs is 1. The zero-order valence-corrected chi connectivity index (χ0v) is 16.7.